The van der Waals surface area contributed by atoms with E-state index in [1.54, 1.807) is 0 Å². The molecule has 0 saturated heterocycles. The van der Waals surface area contributed by atoms with E-state index in [4.69, 9.17) is 0 Å². The molecule has 0 nitrogen and oxygen atoms in total. The van der Waals surface area contributed by atoms with Crippen molar-refractivity contribution in [1.29, 1.82) is 0 Å². The van der Waals surface area contributed by atoms with E-state index in [9.17, 15) is 13.2 Å². The second-order valence-corrected chi connectivity index (χ2v) is 3.36. The molecule has 0 aliphatic rings. The largest absolute Gasteiger partial charge is 0.206 e. The molecule has 0 amide bonds. The summed E-state index contributed by atoms with van der Waals surface area (Å²) >= 11 is 2.91. The van der Waals surface area contributed by atoms with Crippen LogP contribution in [0.15, 0.2) is 0 Å². The van der Waals surface area contributed by atoms with Crippen LogP contribution >= 0.6 is 15.9 Å². The van der Waals surface area contributed by atoms with Crippen LogP contribution in [0.3, 0.4) is 0 Å². The monoisotopic (exact) mass is 252 g/mol. The van der Waals surface area contributed by atoms with Crippen molar-refractivity contribution in [3.05, 3.63) is 34.1 Å². The fraction of sp³-hybridized carbons (Fsp3) is 0.333. The lowest BCUT2D eigenvalue weighted by Gasteiger charge is -2.09. The summed E-state index contributed by atoms with van der Waals surface area (Å²) < 4.78 is 39.4. The molecule has 1 aromatic carbocycles. The van der Waals surface area contributed by atoms with Gasteiger partial charge in [-0.05, 0) is 25.0 Å². The molecule has 0 aliphatic heterocycles. The van der Waals surface area contributed by atoms with Gasteiger partial charge in [-0.3, -0.25) is 0 Å². The van der Waals surface area contributed by atoms with Crippen molar-refractivity contribution < 1.29 is 13.2 Å². The highest BCUT2D eigenvalue weighted by Gasteiger charge is 2.18. The molecule has 0 aromatic heterocycles. The Morgan fingerprint density at radius 3 is 1.85 bits per heavy atom. The van der Waals surface area contributed by atoms with Gasteiger partial charge in [0.2, 0.25) is 0 Å². The van der Waals surface area contributed by atoms with Gasteiger partial charge in [0.15, 0.2) is 11.6 Å². The Bertz CT molecular complexity index is 318. The van der Waals surface area contributed by atoms with E-state index >= 15 is 0 Å². The summed E-state index contributed by atoms with van der Waals surface area (Å²) in [5.74, 6) is -2.74. The third kappa shape index (κ3) is 1.59. The molecule has 0 unspecified atom stereocenters. The molecular weight excluding hydrogens is 245 g/mol. The van der Waals surface area contributed by atoms with E-state index in [1.165, 1.54) is 13.8 Å². The van der Waals surface area contributed by atoms with E-state index in [0.29, 0.717) is 0 Å². The minimum Gasteiger partial charge on any atom is -0.206 e. The molecule has 1 rings (SSSR count). The summed E-state index contributed by atoms with van der Waals surface area (Å²) in [4.78, 5) is 0. The standard InChI is InChI=1S/C9H8BrF3/c1-4-5(2)8(12)9(13)6(3-10)7(4)11/h3H2,1-2H3. The molecule has 72 valence electrons. The Kier molecular flexibility index (Phi) is 3.01. The van der Waals surface area contributed by atoms with Crippen LogP contribution in [0, 0.1) is 31.3 Å². The number of hydrogen-bond donors (Lipinski definition) is 0. The summed E-state index contributed by atoms with van der Waals surface area (Å²) in [5.41, 5.74) is -0.0614. The van der Waals surface area contributed by atoms with Crippen LogP contribution in [0.5, 0.6) is 0 Å². The van der Waals surface area contributed by atoms with Crippen LogP contribution in [-0.4, -0.2) is 0 Å². The first-order valence-electron chi connectivity index (χ1n) is 3.69. The molecule has 4 heteroatoms. The van der Waals surface area contributed by atoms with Crippen molar-refractivity contribution in [2.75, 3.05) is 0 Å². The number of hydrogen-bond acceptors (Lipinski definition) is 0. The molecule has 0 spiro atoms. The fourth-order valence-corrected chi connectivity index (χ4v) is 1.56. The highest BCUT2D eigenvalue weighted by Crippen LogP contribution is 2.25. The van der Waals surface area contributed by atoms with Gasteiger partial charge in [0.1, 0.15) is 5.82 Å². The molecule has 0 N–H and O–H groups in total. The van der Waals surface area contributed by atoms with Crippen LogP contribution in [0.25, 0.3) is 0 Å². The molecule has 0 atom stereocenters. The smallest absolute Gasteiger partial charge is 0.166 e. The number of alkyl halides is 1. The minimum absolute atomic E-state index is 0.0251. The second-order valence-electron chi connectivity index (χ2n) is 2.80. The van der Waals surface area contributed by atoms with Crippen molar-refractivity contribution >= 4 is 15.9 Å². The molecule has 0 aliphatic carbocycles. The second kappa shape index (κ2) is 3.70. The average molecular weight is 253 g/mol. The van der Waals surface area contributed by atoms with E-state index in [2.05, 4.69) is 15.9 Å². The highest BCUT2D eigenvalue weighted by molar-refractivity contribution is 9.08. The zero-order chi connectivity index (χ0) is 10.2. The third-order valence-corrected chi connectivity index (χ3v) is 2.64. The van der Waals surface area contributed by atoms with Crippen molar-refractivity contribution in [3.8, 4) is 0 Å². The third-order valence-electron chi connectivity index (χ3n) is 2.08. The van der Waals surface area contributed by atoms with Gasteiger partial charge in [-0.25, -0.2) is 13.2 Å². The zero-order valence-corrected chi connectivity index (χ0v) is 8.80. The maximum atomic E-state index is 13.3. The van der Waals surface area contributed by atoms with Gasteiger partial charge in [0.05, 0.1) is 0 Å². The lowest BCUT2D eigenvalue weighted by molar-refractivity contribution is 0.476. The number of benzene rings is 1. The summed E-state index contributed by atoms with van der Waals surface area (Å²) in [6.45, 7) is 2.79. The quantitative estimate of drug-likeness (QED) is 0.529. The number of halogens is 4. The van der Waals surface area contributed by atoms with Crippen LogP contribution in [0.4, 0.5) is 13.2 Å². The maximum Gasteiger partial charge on any atom is 0.166 e. The van der Waals surface area contributed by atoms with Crippen LogP contribution in [-0.2, 0) is 5.33 Å². The molecule has 0 saturated carbocycles. The van der Waals surface area contributed by atoms with Crippen LogP contribution < -0.4 is 0 Å². The fourth-order valence-electron chi connectivity index (χ4n) is 1.07. The predicted octanol–water partition coefficient (Wildman–Crippen LogP) is 3.62. The van der Waals surface area contributed by atoms with Crippen LogP contribution in [0.1, 0.15) is 16.7 Å². The number of rotatable bonds is 1. The van der Waals surface area contributed by atoms with Crippen molar-refractivity contribution in [2.45, 2.75) is 19.2 Å². The molecule has 0 fully saturated rings. The van der Waals surface area contributed by atoms with Gasteiger partial charge in [0, 0.05) is 10.9 Å². The SMILES string of the molecule is Cc1c(C)c(F)c(CBr)c(F)c1F. The van der Waals surface area contributed by atoms with Gasteiger partial charge in [-0.15, -0.1) is 0 Å². The lowest BCUT2D eigenvalue weighted by atomic mass is 10.0. The van der Waals surface area contributed by atoms with Gasteiger partial charge in [-0.1, -0.05) is 15.9 Å². The first-order valence-corrected chi connectivity index (χ1v) is 4.81. The molecule has 13 heavy (non-hydrogen) atoms. The van der Waals surface area contributed by atoms with E-state index in [1.807, 2.05) is 0 Å². The molecule has 0 heterocycles. The van der Waals surface area contributed by atoms with Gasteiger partial charge >= 0.3 is 0 Å². The van der Waals surface area contributed by atoms with Crippen molar-refractivity contribution in [2.24, 2.45) is 0 Å². The Hall–Kier alpha value is -0.510. The van der Waals surface area contributed by atoms with E-state index < -0.39 is 17.5 Å². The summed E-state index contributed by atoms with van der Waals surface area (Å²) in [6.07, 6.45) is 0. The summed E-state index contributed by atoms with van der Waals surface area (Å²) in [6, 6.07) is 0. The zero-order valence-electron chi connectivity index (χ0n) is 7.22. The average Bonchev–Trinajstić information content (AvgIpc) is 2.13. The van der Waals surface area contributed by atoms with E-state index in [-0.39, 0.29) is 22.0 Å². The molecular formula is C9H8BrF3. The van der Waals surface area contributed by atoms with Gasteiger partial charge in [-0.2, -0.15) is 0 Å². The highest BCUT2D eigenvalue weighted by atomic mass is 79.9. The maximum absolute atomic E-state index is 13.3. The molecule has 1 aromatic rings. The van der Waals surface area contributed by atoms with Crippen LogP contribution in [0.2, 0.25) is 0 Å². The van der Waals surface area contributed by atoms with Crippen molar-refractivity contribution in [1.82, 2.24) is 0 Å². The van der Waals surface area contributed by atoms with Gasteiger partial charge in [0.25, 0.3) is 0 Å². The first kappa shape index (κ1) is 10.6. The Morgan fingerprint density at radius 1 is 0.923 bits per heavy atom. The molecule has 0 radical (unpaired) electrons. The van der Waals surface area contributed by atoms with Gasteiger partial charge < -0.3 is 0 Å². The molecule has 0 bridgehead atoms. The summed E-state index contributed by atoms with van der Waals surface area (Å²) in [5, 5.41) is -0.0251. The normalized spacial score (nSPS) is 10.6. The summed E-state index contributed by atoms with van der Waals surface area (Å²) in [7, 11) is 0. The predicted molar refractivity (Wildman–Crippen MR) is 48.4 cm³/mol. The topological polar surface area (TPSA) is 0 Å². The Balaban J connectivity index is 3.56. The minimum atomic E-state index is -1.10. The first-order chi connectivity index (χ1) is 6.00. The van der Waals surface area contributed by atoms with E-state index in [0.717, 1.165) is 0 Å². The lowest BCUT2D eigenvalue weighted by Crippen LogP contribution is -2.03. The Labute approximate surface area is 82.9 Å². The Morgan fingerprint density at radius 2 is 1.38 bits per heavy atom. The van der Waals surface area contributed by atoms with Crippen molar-refractivity contribution in [3.63, 3.8) is 0 Å².